The summed E-state index contributed by atoms with van der Waals surface area (Å²) in [6, 6.07) is 4.67. The van der Waals surface area contributed by atoms with Gasteiger partial charge in [-0.15, -0.1) is 0 Å². The maximum Gasteiger partial charge on any atom is 0.140 e. The Kier molecular flexibility index (Phi) is 3.97. The highest BCUT2D eigenvalue weighted by atomic mass is 79.9. The largest absolute Gasteiger partial charge is 0.299 e. The highest BCUT2D eigenvalue weighted by molar-refractivity contribution is 9.10. The molecule has 0 amide bonds. The molecule has 0 bridgehead atoms. The number of carbonyl (C=O) groups is 1. The Hall–Kier alpha value is -0.700. The number of halogens is 2. The molecular weight excluding hydrogens is 283 g/mol. The van der Waals surface area contributed by atoms with Crippen LogP contribution in [-0.2, 0) is 11.2 Å². The predicted molar refractivity (Wildman–Crippen MR) is 69.3 cm³/mol. The van der Waals surface area contributed by atoms with E-state index in [2.05, 4.69) is 22.9 Å². The van der Waals surface area contributed by atoms with Crippen LogP contribution in [0.15, 0.2) is 22.7 Å². The minimum absolute atomic E-state index is 0.187. The SMILES string of the molecule is CC1CCC(C(=O)Cc2cc(F)cc(Br)c2)C1. The molecule has 0 heterocycles. The summed E-state index contributed by atoms with van der Waals surface area (Å²) in [6.07, 6.45) is 3.49. The van der Waals surface area contributed by atoms with Gasteiger partial charge in [0.25, 0.3) is 0 Å². The molecule has 0 spiro atoms. The Morgan fingerprint density at radius 3 is 2.76 bits per heavy atom. The second-order valence-corrected chi connectivity index (χ2v) is 5.95. The lowest BCUT2D eigenvalue weighted by Gasteiger charge is -2.08. The number of hydrogen-bond donors (Lipinski definition) is 0. The van der Waals surface area contributed by atoms with E-state index < -0.39 is 0 Å². The normalized spacial score (nSPS) is 23.9. The molecular formula is C14H16BrFO. The van der Waals surface area contributed by atoms with E-state index in [0.29, 0.717) is 16.8 Å². The van der Waals surface area contributed by atoms with Gasteiger partial charge in [-0.2, -0.15) is 0 Å². The predicted octanol–water partition coefficient (Wildman–Crippen LogP) is 4.14. The molecule has 2 rings (SSSR count). The topological polar surface area (TPSA) is 17.1 Å². The van der Waals surface area contributed by atoms with Gasteiger partial charge < -0.3 is 0 Å². The fourth-order valence-electron chi connectivity index (χ4n) is 2.56. The number of hydrogen-bond acceptors (Lipinski definition) is 1. The average molecular weight is 299 g/mol. The fourth-order valence-corrected chi connectivity index (χ4v) is 3.07. The standard InChI is InChI=1S/C14H16BrFO/c1-9-2-3-11(4-9)14(17)7-10-5-12(15)8-13(16)6-10/h5-6,8-9,11H,2-4,7H2,1H3. The summed E-state index contributed by atoms with van der Waals surface area (Å²) in [4.78, 5) is 12.0. The quantitative estimate of drug-likeness (QED) is 0.820. The highest BCUT2D eigenvalue weighted by Gasteiger charge is 2.27. The van der Waals surface area contributed by atoms with Gasteiger partial charge in [-0.3, -0.25) is 4.79 Å². The van der Waals surface area contributed by atoms with E-state index in [4.69, 9.17) is 0 Å². The second-order valence-electron chi connectivity index (χ2n) is 5.04. The van der Waals surface area contributed by atoms with Crippen LogP contribution in [0, 0.1) is 17.7 Å². The van der Waals surface area contributed by atoms with Crippen molar-refractivity contribution >= 4 is 21.7 Å². The van der Waals surface area contributed by atoms with Crippen LogP contribution in [0.4, 0.5) is 4.39 Å². The molecule has 1 aliphatic carbocycles. The van der Waals surface area contributed by atoms with Crippen molar-refractivity contribution in [1.29, 1.82) is 0 Å². The molecule has 1 fully saturated rings. The summed E-state index contributed by atoms with van der Waals surface area (Å²) in [5, 5.41) is 0. The Bertz CT molecular complexity index is 410. The Morgan fingerprint density at radius 2 is 2.18 bits per heavy atom. The lowest BCUT2D eigenvalue weighted by Crippen LogP contribution is -2.14. The van der Waals surface area contributed by atoms with Crippen molar-refractivity contribution in [2.45, 2.75) is 32.6 Å². The molecule has 0 aromatic heterocycles. The van der Waals surface area contributed by atoms with Crippen molar-refractivity contribution in [1.82, 2.24) is 0 Å². The van der Waals surface area contributed by atoms with Gasteiger partial charge in [0.15, 0.2) is 0 Å². The monoisotopic (exact) mass is 298 g/mol. The maximum atomic E-state index is 13.2. The van der Waals surface area contributed by atoms with E-state index in [1.807, 2.05) is 6.07 Å². The van der Waals surface area contributed by atoms with Crippen LogP contribution in [-0.4, -0.2) is 5.78 Å². The number of rotatable bonds is 3. The average Bonchev–Trinajstić information content (AvgIpc) is 2.63. The second kappa shape index (κ2) is 5.30. The van der Waals surface area contributed by atoms with Gasteiger partial charge in [-0.05, 0) is 48.9 Å². The summed E-state index contributed by atoms with van der Waals surface area (Å²) in [5.41, 5.74) is 0.765. The number of benzene rings is 1. The van der Waals surface area contributed by atoms with Crippen LogP contribution in [0.5, 0.6) is 0 Å². The molecule has 0 aliphatic heterocycles. The van der Waals surface area contributed by atoms with Crippen LogP contribution >= 0.6 is 15.9 Å². The van der Waals surface area contributed by atoms with E-state index in [0.717, 1.165) is 24.8 Å². The van der Waals surface area contributed by atoms with E-state index in [1.165, 1.54) is 12.1 Å². The van der Waals surface area contributed by atoms with E-state index in [-0.39, 0.29) is 17.5 Å². The van der Waals surface area contributed by atoms with Gasteiger partial charge in [-0.25, -0.2) is 4.39 Å². The smallest absolute Gasteiger partial charge is 0.140 e. The number of Topliss-reactive ketones (excluding diaryl/α,β-unsaturated/α-hetero) is 1. The van der Waals surface area contributed by atoms with Gasteiger partial charge in [0, 0.05) is 16.8 Å². The first-order chi connectivity index (χ1) is 8.04. The first-order valence-corrected chi connectivity index (χ1v) is 6.81. The Labute approximate surface area is 110 Å². The minimum atomic E-state index is -0.290. The molecule has 92 valence electrons. The summed E-state index contributed by atoms with van der Waals surface area (Å²) >= 11 is 3.24. The summed E-state index contributed by atoms with van der Waals surface area (Å²) < 4.78 is 13.9. The minimum Gasteiger partial charge on any atom is -0.299 e. The lowest BCUT2D eigenvalue weighted by molar-refractivity contribution is -0.122. The van der Waals surface area contributed by atoms with Gasteiger partial charge >= 0.3 is 0 Å². The zero-order valence-electron chi connectivity index (χ0n) is 9.88. The van der Waals surface area contributed by atoms with Crippen LogP contribution in [0.1, 0.15) is 31.7 Å². The first kappa shape index (κ1) is 12.7. The Balaban J connectivity index is 2.03. The van der Waals surface area contributed by atoms with Crippen LogP contribution in [0.25, 0.3) is 0 Å². The van der Waals surface area contributed by atoms with Crippen LogP contribution in [0.2, 0.25) is 0 Å². The van der Waals surface area contributed by atoms with Crippen molar-refractivity contribution in [2.75, 3.05) is 0 Å². The number of carbonyl (C=O) groups excluding carboxylic acids is 1. The molecule has 0 N–H and O–H groups in total. The molecule has 1 nitrogen and oxygen atoms in total. The number of ketones is 1. The molecule has 1 saturated carbocycles. The molecule has 17 heavy (non-hydrogen) atoms. The van der Waals surface area contributed by atoms with Crippen molar-refractivity contribution in [3.8, 4) is 0 Å². The van der Waals surface area contributed by atoms with Gasteiger partial charge in [0.2, 0.25) is 0 Å². The summed E-state index contributed by atoms with van der Waals surface area (Å²) in [5.74, 6) is 0.809. The highest BCUT2D eigenvalue weighted by Crippen LogP contribution is 2.31. The lowest BCUT2D eigenvalue weighted by atomic mass is 9.96. The van der Waals surface area contributed by atoms with Crippen molar-refractivity contribution < 1.29 is 9.18 Å². The zero-order valence-corrected chi connectivity index (χ0v) is 11.5. The molecule has 0 saturated heterocycles. The van der Waals surface area contributed by atoms with Crippen LogP contribution < -0.4 is 0 Å². The third-order valence-corrected chi connectivity index (χ3v) is 3.91. The molecule has 0 radical (unpaired) electrons. The fraction of sp³-hybridized carbons (Fsp3) is 0.500. The maximum absolute atomic E-state index is 13.2. The van der Waals surface area contributed by atoms with Crippen molar-refractivity contribution in [3.05, 3.63) is 34.1 Å². The molecule has 1 aliphatic rings. The molecule has 3 heteroatoms. The Morgan fingerprint density at radius 1 is 1.41 bits per heavy atom. The summed E-state index contributed by atoms with van der Waals surface area (Å²) in [6.45, 7) is 2.19. The van der Waals surface area contributed by atoms with Gasteiger partial charge in [-0.1, -0.05) is 22.9 Å². The van der Waals surface area contributed by atoms with Gasteiger partial charge in [0.05, 0.1) is 0 Å². The third kappa shape index (κ3) is 3.38. The van der Waals surface area contributed by atoms with Crippen LogP contribution in [0.3, 0.4) is 0 Å². The third-order valence-electron chi connectivity index (χ3n) is 3.45. The summed E-state index contributed by atoms with van der Waals surface area (Å²) in [7, 11) is 0. The molecule has 1 aromatic carbocycles. The van der Waals surface area contributed by atoms with Crippen molar-refractivity contribution in [3.63, 3.8) is 0 Å². The van der Waals surface area contributed by atoms with E-state index >= 15 is 0 Å². The zero-order chi connectivity index (χ0) is 12.4. The van der Waals surface area contributed by atoms with Gasteiger partial charge in [0.1, 0.15) is 11.6 Å². The molecule has 1 aromatic rings. The molecule has 2 atom stereocenters. The molecule has 2 unspecified atom stereocenters. The van der Waals surface area contributed by atoms with Crippen molar-refractivity contribution in [2.24, 2.45) is 11.8 Å². The van der Waals surface area contributed by atoms with E-state index in [9.17, 15) is 9.18 Å². The first-order valence-electron chi connectivity index (χ1n) is 6.02. The van der Waals surface area contributed by atoms with E-state index in [1.54, 1.807) is 0 Å².